The zero-order chi connectivity index (χ0) is 17.4. The lowest BCUT2D eigenvalue weighted by atomic mass is 10.0. The molecule has 0 radical (unpaired) electrons. The van der Waals surface area contributed by atoms with Crippen LogP contribution in [0, 0.1) is 24.2 Å². The molecule has 6 nitrogen and oxygen atoms in total. The van der Waals surface area contributed by atoms with E-state index in [1.165, 1.54) is 0 Å². The summed E-state index contributed by atoms with van der Waals surface area (Å²) in [7, 11) is 0. The molecule has 1 fully saturated rings. The van der Waals surface area contributed by atoms with Gasteiger partial charge in [0.25, 0.3) is 11.6 Å². The first-order valence-corrected chi connectivity index (χ1v) is 8.20. The summed E-state index contributed by atoms with van der Waals surface area (Å²) < 4.78 is 5.29. The number of benzene rings is 1. The van der Waals surface area contributed by atoms with Crippen LogP contribution in [0.3, 0.4) is 0 Å². The second-order valence-corrected chi connectivity index (χ2v) is 6.29. The van der Waals surface area contributed by atoms with Crippen molar-refractivity contribution in [1.82, 2.24) is 15.5 Å². The van der Waals surface area contributed by atoms with Gasteiger partial charge in [0.05, 0.1) is 28.4 Å². The molecule has 6 heteroatoms. The highest BCUT2D eigenvalue weighted by Crippen LogP contribution is 2.33. The highest BCUT2D eigenvalue weighted by Gasteiger charge is 2.33. The maximum absolute atomic E-state index is 12.8. The minimum atomic E-state index is -0.462. The number of nitrogens with one attached hydrogen (secondary N) is 1. The molecular formula is C19H16N4O2. The lowest BCUT2D eigenvalue weighted by Gasteiger charge is -2.12. The topological polar surface area (TPSA) is 91.8 Å². The predicted molar refractivity (Wildman–Crippen MR) is 91.6 cm³/mol. The Morgan fingerprint density at radius 2 is 2.12 bits per heavy atom. The van der Waals surface area contributed by atoms with E-state index in [1.807, 2.05) is 30.3 Å². The Kier molecular flexibility index (Phi) is 3.69. The van der Waals surface area contributed by atoms with Gasteiger partial charge in [0.2, 0.25) is 0 Å². The van der Waals surface area contributed by atoms with Gasteiger partial charge in [-0.05, 0) is 31.7 Å². The second kappa shape index (κ2) is 6.02. The minimum Gasteiger partial charge on any atom is -0.336 e. The summed E-state index contributed by atoms with van der Waals surface area (Å²) in [5.41, 5.74) is 2.88. The average Bonchev–Trinajstić information content (AvgIpc) is 3.42. The molecule has 0 spiro atoms. The highest BCUT2D eigenvalue weighted by molar-refractivity contribution is 6.07. The van der Waals surface area contributed by atoms with Crippen LogP contribution in [0.25, 0.3) is 22.4 Å². The van der Waals surface area contributed by atoms with Crippen molar-refractivity contribution in [3.05, 3.63) is 47.7 Å². The molecule has 0 aliphatic heterocycles. The number of fused-ring (bicyclic) bond motifs is 1. The number of rotatable bonds is 4. The molecule has 1 aliphatic carbocycles. The fourth-order valence-corrected chi connectivity index (χ4v) is 2.93. The van der Waals surface area contributed by atoms with Crippen molar-refractivity contribution in [3.63, 3.8) is 0 Å². The van der Waals surface area contributed by atoms with Crippen molar-refractivity contribution in [2.24, 2.45) is 5.92 Å². The molecule has 2 aromatic heterocycles. The Labute approximate surface area is 144 Å². The number of nitrogens with zero attached hydrogens (tertiary/aromatic N) is 3. The van der Waals surface area contributed by atoms with E-state index in [1.54, 1.807) is 13.0 Å². The number of nitriles is 1. The SMILES string of the molecule is Cc1noc2nc(-c3ccccc3)cc(C(=O)NC(C#N)C3CC3)c12. The molecule has 3 aromatic rings. The highest BCUT2D eigenvalue weighted by atomic mass is 16.5. The standard InChI is InChI=1S/C19H16N4O2/c1-11-17-14(18(24)21-16(10-20)13-7-8-13)9-15(22-19(17)25-23-11)12-5-3-2-4-6-12/h2-6,9,13,16H,7-8H2,1H3,(H,21,24). The van der Waals surface area contributed by atoms with Gasteiger partial charge in [-0.15, -0.1) is 0 Å². The first-order valence-electron chi connectivity index (χ1n) is 8.20. The Hall–Kier alpha value is -3.20. The summed E-state index contributed by atoms with van der Waals surface area (Å²) in [6, 6.07) is 13.0. The van der Waals surface area contributed by atoms with Crippen LogP contribution in [0.5, 0.6) is 0 Å². The molecule has 1 unspecified atom stereocenters. The average molecular weight is 332 g/mol. The van der Waals surface area contributed by atoms with Crippen molar-refractivity contribution < 1.29 is 9.32 Å². The number of hydrogen-bond donors (Lipinski definition) is 1. The summed E-state index contributed by atoms with van der Waals surface area (Å²) in [4.78, 5) is 17.3. The molecule has 1 aromatic carbocycles. The van der Waals surface area contributed by atoms with Crippen molar-refractivity contribution in [1.29, 1.82) is 5.26 Å². The largest absolute Gasteiger partial charge is 0.336 e. The Morgan fingerprint density at radius 1 is 1.36 bits per heavy atom. The third kappa shape index (κ3) is 2.85. The van der Waals surface area contributed by atoms with Gasteiger partial charge < -0.3 is 9.84 Å². The van der Waals surface area contributed by atoms with Crippen LogP contribution in [0.2, 0.25) is 0 Å². The zero-order valence-electron chi connectivity index (χ0n) is 13.7. The smallest absolute Gasteiger partial charge is 0.259 e. The maximum Gasteiger partial charge on any atom is 0.259 e. The number of amides is 1. The summed E-state index contributed by atoms with van der Waals surface area (Å²) in [6.07, 6.45) is 1.96. The monoisotopic (exact) mass is 332 g/mol. The summed E-state index contributed by atoms with van der Waals surface area (Å²) in [5, 5.41) is 16.6. The van der Waals surface area contributed by atoms with Crippen LogP contribution in [0.1, 0.15) is 28.9 Å². The van der Waals surface area contributed by atoms with E-state index >= 15 is 0 Å². The van der Waals surface area contributed by atoms with Gasteiger partial charge in [0.15, 0.2) is 0 Å². The second-order valence-electron chi connectivity index (χ2n) is 6.29. The van der Waals surface area contributed by atoms with Crippen molar-refractivity contribution in [2.75, 3.05) is 0 Å². The first kappa shape index (κ1) is 15.3. The zero-order valence-corrected chi connectivity index (χ0v) is 13.7. The van der Waals surface area contributed by atoms with Gasteiger partial charge in [0.1, 0.15) is 6.04 Å². The van der Waals surface area contributed by atoms with Crippen molar-refractivity contribution in [2.45, 2.75) is 25.8 Å². The molecule has 4 rings (SSSR count). The van der Waals surface area contributed by atoms with Crippen LogP contribution in [-0.2, 0) is 0 Å². The fraction of sp³-hybridized carbons (Fsp3) is 0.263. The van der Waals surface area contributed by atoms with E-state index in [2.05, 4.69) is 21.5 Å². The van der Waals surface area contributed by atoms with E-state index in [0.29, 0.717) is 28.1 Å². The van der Waals surface area contributed by atoms with Gasteiger partial charge in [0, 0.05) is 5.56 Å². The molecular weight excluding hydrogens is 316 g/mol. The molecule has 25 heavy (non-hydrogen) atoms. The first-order chi connectivity index (χ1) is 12.2. The Bertz CT molecular complexity index is 984. The number of hydrogen-bond acceptors (Lipinski definition) is 5. The normalized spacial score (nSPS) is 14.9. The van der Waals surface area contributed by atoms with Gasteiger partial charge >= 0.3 is 0 Å². The minimum absolute atomic E-state index is 0.253. The summed E-state index contributed by atoms with van der Waals surface area (Å²) in [5.74, 6) is -0.0437. The van der Waals surface area contributed by atoms with Gasteiger partial charge in [-0.25, -0.2) is 4.98 Å². The van der Waals surface area contributed by atoms with Crippen LogP contribution in [-0.4, -0.2) is 22.1 Å². The van der Waals surface area contributed by atoms with Crippen LogP contribution in [0.15, 0.2) is 40.9 Å². The van der Waals surface area contributed by atoms with Crippen LogP contribution < -0.4 is 5.32 Å². The molecule has 0 bridgehead atoms. The van der Waals surface area contributed by atoms with E-state index in [9.17, 15) is 10.1 Å². The predicted octanol–water partition coefficient (Wildman–Crippen LogP) is 3.23. The molecule has 0 saturated heterocycles. The molecule has 1 amide bonds. The van der Waals surface area contributed by atoms with E-state index < -0.39 is 6.04 Å². The Balaban J connectivity index is 1.79. The lowest BCUT2D eigenvalue weighted by Crippen LogP contribution is -2.35. The van der Waals surface area contributed by atoms with Crippen LogP contribution in [0.4, 0.5) is 0 Å². The quantitative estimate of drug-likeness (QED) is 0.792. The summed E-state index contributed by atoms with van der Waals surface area (Å²) >= 11 is 0. The number of carbonyl (C=O) groups excluding carboxylic acids is 1. The fourth-order valence-electron chi connectivity index (χ4n) is 2.93. The third-order valence-electron chi connectivity index (χ3n) is 4.45. The molecule has 124 valence electrons. The molecule has 1 aliphatic rings. The molecule has 2 heterocycles. The number of aryl methyl sites for hydroxylation is 1. The van der Waals surface area contributed by atoms with E-state index in [4.69, 9.17) is 4.52 Å². The van der Waals surface area contributed by atoms with Gasteiger partial charge in [-0.2, -0.15) is 5.26 Å². The van der Waals surface area contributed by atoms with Crippen molar-refractivity contribution in [3.8, 4) is 17.3 Å². The van der Waals surface area contributed by atoms with Crippen molar-refractivity contribution >= 4 is 17.0 Å². The maximum atomic E-state index is 12.8. The van der Waals surface area contributed by atoms with E-state index in [-0.39, 0.29) is 11.8 Å². The van der Waals surface area contributed by atoms with Gasteiger partial charge in [-0.3, -0.25) is 4.79 Å². The van der Waals surface area contributed by atoms with Crippen LogP contribution >= 0.6 is 0 Å². The Morgan fingerprint density at radius 3 is 2.80 bits per heavy atom. The number of aromatic nitrogens is 2. The van der Waals surface area contributed by atoms with Gasteiger partial charge in [-0.1, -0.05) is 35.5 Å². The number of carbonyl (C=O) groups is 1. The molecule has 1 saturated carbocycles. The molecule has 1 N–H and O–H groups in total. The number of pyridine rings is 1. The third-order valence-corrected chi connectivity index (χ3v) is 4.45. The lowest BCUT2D eigenvalue weighted by molar-refractivity contribution is 0.0943. The van der Waals surface area contributed by atoms with E-state index in [0.717, 1.165) is 18.4 Å². The summed E-state index contributed by atoms with van der Waals surface area (Å²) in [6.45, 7) is 1.77. The molecule has 1 atom stereocenters.